The lowest BCUT2D eigenvalue weighted by Crippen LogP contribution is -2.05. The second-order valence-electron chi connectivity index (χ2n) is 3.18. The van der Waals surface area contributed by atoms with Crippen molar-refractivity contribution in [2.75, 3.05) is 6.61 Å². The van der Waals surface area contributed by atoms with Gasteiger partial charge >= 0.3 is 0 Å². The van der Waals surface area contributed by atoms with Gasteiger partial charge in [-0.2, -0.15) is 0 Å². The summed E-state index contributed by atoms with van der Waals surface area (Å²) in [5.41, 5.74) is 1.21. The van der Waals surface area contributed by atoms with E-state index in [0.717, 1.165) is 18.4 Å². The maximum Gasteiger partial charge on any atom is 0.191 e. The fourth-order valence-corrected chi connectivity index (χ4v) is 1.34. The van der Waals surface area contributed by atoms with Crippen LogP contribution < -0.4 is 0 Å². The molecular weight excluding hydrogens is 180 g/mol. The van der Waals surface area contributed by atoms with Crippen LogP contribution in [0.3, 0.4) is 0 Å². The van der Waals surface area contributed by atoms with Crippen LogP contribution in [-0.2, 0) is 6.42 Å². The number of hydrogen-bond donors (Lipinski definition) is 2. The Balaban J connectivity index is 3.01. The summed E-state index contributed by atoms with van der Waals surface area (Å²) in [6.45, 7) is 1.48. The predicted octanol–water partition coefficient (Wildman–Crippen LogP) is 1.52. The van der Waals surface area contributed by atoms with Crippen molar-refractivity contribution < 1.29 is 15.0 Å². The Morgan fingerprint density at radius 3 is 2.71 bits per heavy atom. The largest absolute Gasteiger partial charge is 0.507 e. The molecule has 0 heterocycles. The van der Waals surface area contributed by atoms with E-state index in [4.69, 9.17) is 5.11 Å². The number of carbonyl (C=O) groups excluding carboxylic acids is 1. The summed E-state index contributed by atoms with van der Waals surface area (Å²) in [4.78, 5) is 11.2. The second kappa shape index (κ2) is 4.77. The molecule has 0 radical (unpaired) electrons. The van der Waals surface area contributed by atoms with E-state index in [0.29, 0.717) is 0 Å². The Morgan fingerprint density at radius 2 is 2.14 bits per heavy atom. The number of aryl methyl sites for hydroxylation is 1. The molecule has 0 amide bonds. The molecule has 0 aromatic heterocycles. The van der Waals surface area contributed by atoms with Crippen molar-refractivity contribution in [1.82, 2.24) is 0 Å². The van der Waals surface area contributed by atoms with E-state index in [9.17, 15) is 9.90 Å². The minimum Gasteiger partial charge on any atom is -0.507 e. The second-order valence-corrected chi connectivity index (χ2v) is 3.18. The number of Topliss-reactive ketones (excluding diaryl/α,β-unsaturated/α-hetero) is 1. The molecule has 0 bridgehead atoms. The number of aliphatic hydroxyl groups excluding tert-OH is 1. The zero-order valence-corrected chi connectivity index (χ0v) is 8.16. The Labute approximate surface area is 83.0 Å². The lowest BCUT2D eigenvalue weighted by molar-refractivity contribution is 0.0901. The quantitative estimate of drug-likeness (QED) is 0.714. The molecular formula is C11H14O3. The van der Waals surface area contributed by atoms with Gasteiger partial charge in [0.15, 0.2) is 5.78 Å². The number of aliphatic hydroxyl groups is 1. The number of rotatable bonds is 4. The maximum atomic E-state index is 11.2. The van der Waals surface area contributed by atoms with Crippen LogP contribution in [0.2, 0.25) is 0 Å². The zero-order chi connectivity index (χ0) is 10.6. The first-order valence-corrected chi connectivity index (χ1v) is 4.65. The van der Waals surface area contributed by atoms with Gasteiger partial charge in [-0.15, -0.1) is 0 Å². The number of hydrogen-bond acceptors (Lipinski definition) is 3. The van der Waals surface area contributed by atoms with Crippen molar-refractivity contribution in [2.24, 2.45) is 0 Å². The van der Waals surface area contributed by atoms with Crippen molar-refractivity contribution >= 4 is 5.78 Å². The van der Waals surface area contributed by atoms with E-state index in [-0.39, 0.29) is 11.3 Å². The van der Waals surface area contributed by atoms with Gasteiger partial charge in [-0.25, -0.2) is 0 Å². The van der Waals surface area contributed by atoms with Crippen LogP contribution >= 0.6 is 0 Å². The highest BCUT2D eigenvalue weighted by atomic mass is 16.3. The number of benzene rings is 1. The molecule has 76 valence electrons. The molecule has 0 aliphatic carbocycles. The third-order valence-electron chi connectivity index (χ3n) is 2.04. The SMILES string of the molecule is CCCc1ccc(O)c(C(=O)CO)c1. The first-order valence-electron chi connectivity index (χ1n) is 4.65. The van der Waals surface area contributed by atoms with Crippen LogP contribution in [0.25, 0.3) is 0 Å². The summed E-state index contributed by atoms with van der Waals surface area (Å²) < 4.78 is 0. The van der Waals surface area contributed by atoms with Gasteiger partial charge in [-0.1, -0.05) is 19.4 Å². The molecule has 0 atom stereocenters. The average Bonchev–Trinajstić information content (AvgIpc) is 2.20. The smallest absolute Gasteiger partial charge is 0.191 e. The normalized spacial score (nSPS) is 10.1. The number of phenols is 1. The molecule has 14 heavy (non-hydrogen) atoms. The standard InChI is InChI=1S/C11H14O3/c1-2-3-8-4-5-10(13)9(6-8)11(14)7-12/h4-6,12-13H,2-3,7H2,1H3. The number of aromatic hydroxyl groups is 1. The van der Waals surface area contributed by atoms with Gasteiger partial charge in [0, 0.05) is 0 Å². The number of carbonyl (C=O) groups is 1. The van der Waals surface area contributed by atoms with Gasteiger partial charge in [0.25, 0.3) is 0 Å². The minimum absolute atomic E-state index is 0.0658. The maximum absolute atomic E-state index is 11.2. The monoisotopic (exact) mass is 194 g/mol. The summed E-state index contributed by atoms with van der Waals surface area (Å²) >= 11 is 0. The predicted molar refractivity (Wildman–Crippen MR) is 53.5 cm³/mol. The van der Waals surface area contributed by atoms with Crippen LogP contribution in [0.1, 0.15) is 29.3 Å². The van der Waals surface area contributed by atoms with Gasteiger partial charge in [0.1, 0.15) is 12.4 Å². The highest BCUT2D eigenvalue weighted by Crippen LogP contribution is 2.19. The molecule has 1 aromatic carbocycles. The molecule has 0 aliphatic heterocycles. The summed E-state index contributed by atoms with van der Waals surface area (Å²) in [5.74, 6) is -0.510. The van der Waals surface area contributed by atoms with E-state index in [1.165, 1.54) is 6.07 Å². The average molecular weight is 194 g/mol. The topological polar surface area (TPSA) is 57.5 Å². The van der Waals surface area contributed by atoms with Gasteiger partial charge in [0.2, 0.25) is 0 Å². The molecule has 1 aromatic rings. The molecule has 0 fully saturated rings. The van der Waals surface area contributed by atoms with Crippen LogP contribution in [0.5, 0.6) is 5.75 Å². The van der Waals surface area contributed by atoms with Crippen LogP contribution in [0, 0.1) is 0 Å². The number of ketones is 1. The molecule has 2 N–H and O–H groups in total. The third-order valence-corrected chi connectivity index (χ3v) is 2.04. The van der Waals surface area contributed by atoms with Crippen LogP contribution in [0.15, 0.2) is 18.2 Å². The van der Waals surface area contributed by atoms with E-state index in [1.807, 2.05) is 6.92 Å². The fraction of sp³-hybridized carbons (Fsp3) is 0.364. The first kappa shape index (κ1) is 10.7. The summed E-state index contributed by atoms with van der Waals surface area (Å²) in [7, 11) is 0. The summed E-state index contributed by atoms with van der Waals surface area (Å²) in [6.07, 6.45) is 1.85. The van der Waals surface area contributed by atoms with Crippen molar-refractivity contribution in [1.29, 1.82) is 0 Å². The molecule has 1 rings (SSSR count). The molecule has 3 nitrogen and oxygen atoms in total. The Kier molecular flexibility index (Phi) is 3.65. The van der Waals surface area contributed by atoms with Gasteiger partial charge in [-0.05, 0) is 24.1 Å². The number of phenolic OH excluding ortho intramolecular Hbond substituents is 1. The van der Waals surface area contributed by atoms with Crippen molar-refractivity contribution in [3.63, 3.8) is 0 Å². The lowest BCUT2D eigenvalue weighted by Gasteiger charge is -2.04. The fourth-order valence-electron chi connectivity index (χ4n) is 1.34. The van der Waals surface area contributed by atoms with Gasteiger partial charge < -0.3 is 10.2 Å². The molecule has 0 unspecified atom stereocenters. The molecule has 0 aliphatic rings. The van der Waals surface area contributed by atoms with Gasteiger partial charge in [-0.3, -0.25) is 4.79 Å². The van der Waals surface area contributed by atoms with Crippen LogP contribution in [-0.4, -0.2) is 22.6 Å². The Hall–Kier alpha value is -1.35. The molecule has 0 spiro atoms. The first-order chi connectivity index (χ1) is 6.69. The van der Waals surface area contributed by atoms with E-state index in [2.05, 4.69) is 0 Å². The summed E-state index contributed by atoms with van der Waals surface area (Å²) in [5, 5.41) is 18.0. The van der Waals surface area contributed by atoms with E-state index >= 15 is 0 Å². The minimum atomic E-state index is -0.566. The molecule has 0 saturated heterocycles. The molecule has 0 saturated carbocycles. The Morgan fingerprint density at radius 1 is 1.43 bits per heavy atom. The lowest BCUT2D eigenvalue weighted by atomic mass is 10.0. The molecule has 3 heteroatoms. The van der Waals surface area contributed by atoms with Crippen LogP contribution in [0.4, 0.5) is 0 Å². The van der Waals surface area contributed by atoms with Crippen molar-refractivity contribution in [2.45, 2.75) is 19.8 Å². The summed E-state index contributed by atoms with van der Waals surface area (Å²) in [6, 6.07) is 4.91. The van der Waals surface area contributed by atoms with Crippen molar-refractivity contribution in [3.8, 4) is 5.75 Å². The highest BCUT2D eigenvalue weighted by molar-refractivity contribution is 5.99. The highest BCUT2D eigenvalue weighted by Gasteiger charge is 2.10. The third kappa shape index (κ3) is 2.33. The van der Waals surface area contributed by atoms with Gasteiger partial charge in [0.05, 0.1) is 5.56 Å². The zero-order valence-electron chi connectivity index (χ0n) is 8.16. The Bertz CT molecular complexity index is 331. The van der Waals surface area contributed by atoms with Crippen molar-refractivity contribution in [3.05, 3.63) is 29.3 Å². The van der Waals surface area contributed by atoms with E-state index < -0.39 is 12.4 Å². The van der Waals surface area contributed by atoms with E-state index in [1.54, 1.807) is 12.1 Å².